The second-order valence-corrected chi connectivity index (χ2v) is 6.50. The van der Waals surface area contributed by atoms with Gasteiger partial charge in [0.1, 0.15) is 10.4 Å². The molecular formula is C14H12N2O6S2. The van der Waals surface area contributed by atoms with E-state index in [0.29, 0.717) is 5.56 Å². The summed E-state index contributed by atoms with van der Waals surface area (Å²) >= 11 is 5.90. The highest BCUT2D eigenvalue weighted by atomic mass is 32.2. The number of carboxylic acid groups (broad SMARTS) is 1. The highest BCUT2D eigenvalue weighted by Crippen LogP contribution is 2.35. The van der Waals surface area contributed by atoms with E-state index in [1.54, 1.807) is 0 Å². The number of thiocarbonyl (C=S) groups is 1. The minimum Gasteiger partial charge on any atom is -0.504 e. The van der Waals surface area contributed by atoms with Crippen LogP contribution in [0.1, 0.15) is 12.0 Å². The normalized spacial score (nSPS) is 17.3. The summed E-state index contributed by atoms with van der Waals surface area (Å²) in [6, 6.07) is 2.46. The topological polar surface area (TPSA) is 141 Å². The molecule has 0 aliphatic carbocycles. The van der Waals surface area contributed by atoms with E-state index in [9.17, 15) is 29.7 Å². The van der Waals surface area contributed by atoms with Crippen molar-refractivity contribution in [1.29, 1.82) is 0 Å². The molecule has 1 aliphatic heterocycles. The number of nitrogens with two attached hydrogens (primary N) is 1. The van der Waals surface area contributed by atoms with Crippen LogP contribution in [-0.2, 0) is 14.4 Å². The van der Waals surface area contributed by atoms with Gasteiger partial charge in [-0.3, -0.25) is 14.5 Å². The number of carbonyl (C=O) groups excluding carboxylic acids is 2. The van der Waals surface area contributed by atoms with Gasteiger partial charge in [0.25, 0.3) is 5.91 Å². The van der Waals surface area contributed by atoms with E-state index in [-0.39, 0.29) is 20.7 Å². The van der Waals surface area contributed by atoms with E-state index in [1.807, 2.05) is 0 Å². The molecular weight excluding hydrogens is 356 g/mol. The number of carbonyl (C=O) groups is 3. The van der Waals surface area contributed by atoms with Crippen LogP contribution in [0.3, 0.4) is 0 Å². The Morgan fingerprint density at radius 2 is 2.00 bits per heavy atom. The summed E-state index contributed by atoms with van der Waals surface area (Å²) in [5.74, 6) is -3.62. The molecule has 1 saturated heterocycles. The summed E-state index contributed by atoms with van der Waals surface area (Å²) in [5.41, 5.74) is 5.43. The third kappa shape index (κ3) is 3.66. The molecule has 0 aromatic heterocycles. The van der Waals surface area contributed by atoms with Crippen LogP contribution in [0.4, 0.5) is 0 Å². The van der Waals surface area contributed by atoms with E-state index >= 15 is 0 Å². The van der Waals surface area contributed by atoms with Crippen molar-refractivity contribution in [2.75, 3.05) is 0 Å². The molecule has 2 amide bonds. The minimum absolute atomic E-state index is 0.0112. The minimum atomic E-state index is -1.48. The lowest BCUT2D eigenvalue weighted by Gasteiger charge is -2.21. The molecule has 2 rings (SSSR count). The lowest BCUT2D eigenvalue weighted by molar-refractivity contribution is -0.146. The van der Waals surface area contributed by atoms with Gasteiger partial charge in [0.15, 0.2) is 11.5 Å². The third-order valence-electron chi connectivity index (χ3n) is 3.11. The molecule has 0 saturated carbocycles. The Morgan fingerprint density at radius 1 is 1.33 bits per heavy atom. The molecule has 1 aromatic rings. The number of phenolic OH excluding ortho intramolecular Hbond substituents is 2. The van der Waals surface area contributed by atoms with Gasteiger partial charge in [-0.25, -0.2) is 4.79 Å². The lowest BCUT2D eigenvalue weighted by Crippen LogP contribution is -2.46. The first kappa shape index (κ1) is 17.8. The number of benzene rings is 1. The predicted octanol–water partition coefficient (Wildman–Crippen LogP) is 0.628. The Bertz CT molecular complexity index is 777. The van der Waals surface area contributed by atoms with Crippen molar-refractivity contribution in [2.24, 2.45) is 5.73 Å². The maximum atomic E-state index is 12.4. The zero-order chi connectivity index (χ0) is 18.0. The number of carboxylic acids is 1. The van der Waals surface area contributed by atoms with Crippen molar-refractivity contribution in [3.8, 4) is 11.5 Å². The Balaban J connectivity index is 2.33. The van der Waals surface area contributed by atoms with Gasteiger partial charge < -0.3 is 21.1 Å². The van der Waals surface area contributed by atoms with E-state index in [0.717, 1.165) is 16.7 Å². The van der Waals surface area contributed by atoms with Crippen molar-refractivity contribution in [3.63, 3.8) is 0 Å². The molecule has 0 spiro atoms. The number of primary amides is 1. The van der Waals surface area contributed by atoms with Gasteiger partial charge in [-0.2, -0.15) is 0 Å². The van der Waals surface area contributed by atoms with Crippen LogP contribution < -0.4 is 5.73 Å². The highest BCUT2D eigenvalue weighted by Gasteiger charge is 2.41. The van der Waals surface area contributed by atoms with Crippen LogP contribution in [0.15, 0.2) is 23.1 Å². The fraction of sp³-hybridized carbons (Fsp3) is 0.143. The Labute approximate surface area is 145 Å². The summed E-state index contributed by atoms with van der Waals surface area (Å²) in [4.78, 5) is 35.7. The fourth-order valence-corrected chi connectivity index (χ4v) is 3.37. The molecule has 1 fully saturated rings. The van der Waals surface area contributed by atoms with Crippen molar-refractivity contribution in [1.82, 2.24) is 4.90 Å². The molecule has 24 heavy (non-hydrogen) atoms. The number of amides is 2. The molecule has 0 bridgehead atoms. The zero-order valence-electron chi connectivity index (χ0n) is 12.0. The van der Waals surface area contributed by atoms with Crippen molar-refractivity contribution >= 4 is 52.2 Å². The van der Waals surface area contributed by atoms with Crippen molar-refractivity contribution in [2.45, 2.75) is 12.5 Å². The Morgan fingerprint density at radius 3 is 2.54 bits per heavy atom. The van der Waals surface area contributed by atoms with Gasteiger partial charge in [0.05, 0.1) is 11.3 Å². The molecule has 0 radical (unpaired) electrons. The van der Waals surface area contributed by atoms with Crippen LogP contribution in [0.5, 0.6) is 11.5 Å². The predicted molar refractivity (Wildman–Crippen MR) is 90.0 cm³/mol. The molecule has 8 nitrogen and oxygen atoms in total. The molecule has 1 unspecified atom stereocenters. The summed E-state index contributed by atoms with van der Waals surface area (Å²) in [6.07, 6.45) is 0.830. The third-order valence-corrected chi connectivity index (χ3v) is 4.44. The largest absolute Gasteiger partial charge is 0.504 e. The van der Waals surface area contributed by atoms with Crippen LogP contribution in [0.2, 0.25) is 0 Å². The molecule has 10 heteroatoms. The summed E-state index contributed by atoms with van der Waals surface area (Å²) in [5, 5.41) is 28.0. The van der Waals surface area contributed by atoms with Gasteiger partial charge >= 0.3 is 5.97 Å². The van der Waals surface area contributed by atoms with Gasteiger partial charge in [-0.1, -0.05) is 30.0 Å². The molecule has 1 heterocycles. The summed E-state index contributed by atoms with van der Waals surface area (Å²) in [7, 11) is 0. The van der Waals surface area contributed by atoms with E-state index in [1.165, 1.54) is 24.3 Å². The van der Waals surface area contributed by atoms with Crippen LogP contribution in [0.25, 0.3) is 6.08 Å². The number of aromatic hydroxyl groups is 2. The Kier molecular flexibility index (Phi) is 5.10. The average Bonchev–Trinajstić information content (AvgIpc) is 2.75. The second-order valence-electron chi connectivity index (χ2n) is 4.82. The SMILES string of the molecule is NC(=O)CC(C(=O)O)N1C(=O)/C(=C/c2ccc(O)c(O)c2)SC1=S. The molecule has 1 aliphatic rings. The standard InChI is InChI=1S/C14H12N2O6S2/c15-11(19)5-7(13(21)22)16-12(20)10(24-14(16)23)4-6-1-2-8(17)9(18)3-6/h1-4,7,17-18H,5H2,(H2,15,19)(H,21,22)/b10-4-. The average molecular weight is 368 g/mol. The number of aliphatic carboxylic acids is 1. The van der Waals surface area contributed by atoms with Crippen molar-refractivity contribution < 1.29 is 29.7 Å². The number of hydrogen-bond acceptors (Lipinski definition) is 7. The maximum absolute atomic E-state index is 12.4. The number of rotatable bonds is 5. The summed E-state index contributed by atoms with van der Waals surface area (Å²) < 4.78 is -0.0112. The van der Waals surface area contributed by atoms with E-state index < -0.39 is 30.2 Å². The lowest BCUT2D eigenvalue weighted by atomic mass is 10.1. The summed E-state index contributed by atoms with van der Waals surface area (Å²) in [6.45, 7) is 0. The number of thioether (sulfide) groups is 1. The molecule has 1 aromatic carbocycles. The van der Waals surface area contributed by atoms with Gasteiger partial charge in [0, 0.05) is 0 Å². The number of hydrogen-bond donors (Lipinski definition) is 4. The Hall–Kier alpha value is -2.59. The molecule has 1 atom stereocenters. The first-order chi connectivity index (χ1) is 11.2. The molecule has 5 N–H and O–H groups in total. The quantitative estimate of drug-likeness (QED) is 0.337. The van der Waals surface area contributed by atoms with E-state index in [4.69, 9.17) is 18.0 Å². The van der Waals surface area contributed by atoms with Crippen LogP contribution in [0, 0.1) is 0 Å². The van der Waals surface area contributed by atoms with Crippen LogP contribution >= 0.6 is 24.0 Å². The maximum Gasteiger partial charge on any atom is 0.327 e. The monoisotopic (exact) mass is 368 g/mol. The van der Waals surface area contributed by atoms with Crippen LogP contribution in [-0.4, -0.2) is 48.4 Å². The number of phenols is 2. The fourth-order valence-electron chi connectivity index (χ4n) is 2.01. The highest BCUT2D eigenvalue weighted by molar-refractivity contribution is 8.26. The zero-order valence-corrected chi connectivity index (χ0v) is 13.6. The van der Waals surface area contributed by atoms with E-state index in [2.05, 4.69) is 0 Å². The van der Waals surface area contributed by atoms with Gasteiger partial charge in [0.2, 0.25) is 5.91 Å². The van der Waals surface area contributed by atoms with Gasteiger partial charge in [-0.05, 0) is 23.8 Å². The first-order valence-electron chi connectivity index (χ1n) is 6.51. The van der Waals surface area contributed by atoms with Crippen molar-refractivity contribution in [3.05, 3.63) is 28.7 Å². The smallest absolute Gasteiger partial charge is 0.327 e. The number of nitrogens with zero attached hydrogens (tertiary/aromatic N) is 1. The molecule has 126 valence electrons. The second kappa shape index (κ2) is 6.89. The first-order valence-corrected chi connectivity index (χ1v) is 7.73. The van der Waals surface area contributed by atoms with Gasteiger partial charge in [-0.15, -0.1) is 0 Å².